The third-order valence-electron chi connectivity index (χ3n) is 3.22. The van der Waals surface area contributed by atoms with E-state index in [1.807, 2.05) is 19.1 Å². The van der Waals surface area contributed by atoms with Crippen LogP contribution in [0.5, 0.6) is 10.9 Å². The highest BCUT2D eigenvalue weighted by Gasteiger charge is 2.17. The average molecular weight is 319 g/mol. The third kappa shape index (κ3) is 3.85. The van der Waals surface area contributed by atoms with Gasteiger partial charge in [0, 0.05) is 5.38 Å². The quantitative estimate of drug-likeness (QED) is 0.765. The van der Waals surface area contributed by atoms with Crippen LogP contribution in [0.1, 0.15) is 49.3 Å². The Hall–Kier alpha value is -1.88. The van der Waals surface area contributed by atoms with Crippen LogP contribution in [-0.4, -0.2) is 17.6 Å². The molecule has 1 aromatic carbocycles. The molecule has 2 rings (SSSR count). The van der Waals surface area contributed by atoms with Gasteiger partial charge < -0.3 is 9.47 Å². The zero-order valence-corrected chi connectivity index (χ0v) is 14.4. The minimum atomic E-state index is -0.422. The van der Waals surface area contributed by atoms with Gasteiger partial charge in [-0.05, 0) is 36.5 Å². The zero-order valence-electron chi connectivity index (χ0n) is 13.6. The van der Waals surface area contributed by atoms with Crippen LogP contribution < -0.4 is 4.74 Å². The number of carbonyl (C=O) groups is 1. The first-order chi connectivity index (χ1) is 10.3. The minimum absolute atomic E-state index is 0.0464. The summed E-state index contributed by atoms with van der Waals surface area (Å²) in [4.78, 5) is 15.8. The van der Waals surface area contributed by atoms with Crippen molar-refractivity contribution in [3.8, 4) is 10.9 Å². The van der Waals surface area contributed by atoms with E-state index in [1.54, 1.807) is 12.3 Å². The number of esters is 1. The van der Waals surface area contributed by atoms with Crippen molar-refractivity contribution in [3.63, 3.8) is 0 Å². The minimum Gasteiger partial charge on any atom is -0.461 e. The number of benzene rings is 1. The molecular formula is C17H21NO3S. The van der Waals surface area contributed by atoms with Gasteiger partial charge in [-0.3, -0.25) is 0 Å². The maximum Gasteiger partial charge on any atom is 0.357 e. The maximum atomic E-state index is 11.6. The van der Waals surface area contributed by atoms with Crippen molar-refractivity contribution in [1.29, 1.82) is 0 Å². The normalized spacial score (nSPS) is 11.3. The second-order valence-electron chi connectivity index (χ2n) is 6.05. The van der Waals surface area contributed by atoms with E-state index in [0.717, 1.165) is 11.3 Å². The largest absolute Gasteiger partial charge is 0.461 e. The Balaban J connectivity index is 2.22. The van der Waals surface area contributed by atoms with Crippen LogP contribution in [0, 0.1) is 6.92 Å². The van der Waals surface area contributed by atoms with Crippen molar-refractivity contribution < 1.29 is 14.3 Å². The Labute approximate surface area is 135 Å². The molecule has 0 amide bonds. The van der Waals surface area contributed by atoms with Crippen molar-refractivity contribution in [2.24, 2.45) is 0 Å². The van der Waals surface area contributed by atoms with E-state index in [-0.39, 0.29) is 11.1 Å². The van der Waals surface area contributed by atoms with Gasteiger partial charge in [-0.2, -0.15) is 4.98 Å². The first-order valence-electron chi connectivity index (χ1n) is 7.23. The summed E-state index contributed by atoms with van der Waals surface area (Å²) < 4.78 is 10.8. The number of hydrogen-bond donors (Lipinski definition) is 0. The SMILES string of the molecule is CCOC(=O)c1csc(Oc2cc(C(C)(C)C)ccc2C)n1. The van der Waals surface area contributed by atoms with Gasteiger partial charge in [0.05, 0.1) is 6.61 Å². The lowest BCUT2D eigenvalue weighted by atomic mass is 9.86. The summed E-state index contributed by atoms with van der Waals surface area (Å²) in [7, 11) is 0. The highest BCUT2D eigenvalue weighted by Crippen LogP contribution is 2.32. The summed E-state index contributed by atoms with van der Waals surface area (Å²) in [5.74, 6) is 0.339. The molecule has 1 aromatic heterocycles. The van der Waals surface area contributed by atoms with E-state index in [0.29, 0.717) is 11.8 Å². The van der Waals surface area contributed by atoms with Crippen LogP contribution in [0.2, 0.25) is 0 Å². The molecule has 0 spiro atoms. The maximum absolute atomic E-state index is 11.6. The van der Waals surface area contributed by atoms with Gasteiger partial charge in [0.25, 0.3) is 5.19 Å². The Morgan fingerprint density at radius 2 is 2.05 bits per heavy atom. The van der Waals surface area contributed by atoms with Crippen molar-refractivity contribution in [2.75, 3.05) is 6.61 Å². The molecule has 0 saturated heterocycles. The second kappa shape index (κ2) is 6.48. The molecule has 0 aliphatic carbocycles. The molecule has 0 aliphatic heterocycles. The molecule has 0 fully saturated rings. The highest BCUT2D eigenvalue weighted by molar-refractivity contribution is 7.11. The number of ether oxygens (including phenoxy) is 2. The van der Waals surface area contributed by atoms with Crippen molar-refractivity contribution in [3.05, 3.63) is 40.4 Å². The fourth-order valence-electron chi connectivity index (χ4n) is 1.87. The molecule has 0 aliphatic rings. The predicted molar refractivity (Wildman–Crippen MR) is 88.0 cm³/mol. The van der Waals surface area contributed by atoms with E-state index >= 15 is 0 Å². The van der Waals surface area contributed by atoms with Gasteiger partial charge in [-0.15, -0.1) is 0 Å². The van der Waals surface area contributed by atoms with Crippen LogP contribution in [0.4, 0.5) is 0 Å². The number of rotatable bonds is 4. The van der Waals surface area contributed by atoms with Crippen LogP contribution in [0.15, 0.2) is 23.6 Å². The first-order valence-corrected chi connectivity index (χ1v) is 8.11. The van der Waals surface area contributed by atoms with Crippen molar-refractivity contribution in [2.45, 2.75) is 40.0 Å². The van der Waals surface area contributed by atoms with Crippen LogP contribution >= 0.6 is 11.3 Å². The summed E-state index contributed by atoms with van der Waals surface area (Å²) >= 11 is 1.29. The van der Waals surface area contributed by atoms with Crippen LogP contribution in [0.3, 0.4) is 0 Å². The van der Waals surface area contributed by atoms with Gasteiger partial charge >= 0.3 is 5.97 Å². The molecule has 2 aromatic rings. The summed E-state index contributed by atoms with van der Waals surface area (Å²) in [6, 6.07) is 6.17. The van der Waals surface area contributed by atoms with Gasteiger partial charge in [-0.25, -0.2) is 4.79 Å². The molecule has 5 heteroatoms. The van der Waals surface area contributed by atoms with Gasteiger partial charge in [0.15, 0.2) is 5.69 Å². The number of nitrogens with zero attached hydrogens (tertiary/aromatic N) is 1. The molecule has 0 unspecified atom stereocenters. The smallest absolute Gasteiger partial charge is 0.357 e. The Morgan fingerprint density at radius 3 is 2.68 bits per heavy atom. The van der Waals surface area contributed by atoms with E-state index in [1.165, 1.54) is 16.9 Å². The van der Waals surface area contributed by atoms with Gasteiger partial charge in [0.1, 0.15) is 5.75 Å². The van der Waals surface area contributed by atoms with Crippen molar-refractivity contribution >= 4 is 17.3 Å². The molecule has 1 heterocycles. The third-order valence-corrected chi connectivity index (χ3v) is 3.94. The lowest BCUT2D eigenvalue weighted by Crippen LogP contribution is -2.11. The molecule has 4 nitrogen and oxygen atoms in total. The molecule has 0 N–H and O–H groups in total. The fourth-order valence-corrected chi connectivity index (χ4v) is 2.52. The fraction of sp³-hybridized carbons (Fsp3) is 0.412. The second-order valence-corrected chi connectivity index (χ2v) is 6.87. The topological polar surface area (TPSA) is 48.4 Å². The molecule has 0 bridgehead atoms. The monoisotopic (exact) mass is 319 g/mol. The van der Waals surface area contributed by atoms with E-state index in [9.17, 15) is 4.79 Å². The van der Waals surface area contributed by atoms with E-state index in [2.05, 4.69) is 31.8 Å². The molecular weight excluding hydrogens is 298 g/mol. The van der Waals surface area contributed by atoms with Crippen LogP contribution in [-0.2, 0) is 10.2 Å². The Morgan fingerprint density at radius 1 is 1.32 bits per heavy atom. The summed E-state index contributed by atoms with van der Waals surface area (Å²) in [6.45, 7) is 10.6. The van der Waals surface area contributed by atoms with Crippen molar-refractivity contribution in [1.82, 2.24) is 4.98 Å². The Kier molecular flexibility index (Phi) is 4.86. The zero-order chi connectivity index (χ0) is 16.3. The first kappa shape index (κ1) is 16.5. The molecule has 118 valence electrons. The standard InChI is InChI=1S/C17H21NO3S/c1-6-20-15(19)13-10-22-16(18-13)21-14-9-12(17(3,4)5)8-7-11(14)2/h7-10H,6H2,1-5H3. The molecule has 0 radical (unpaired) electrons. The highest BCUT2D eigenvalue weighted by atomic mass is 32.1. The lowest BCUT2D eigenvalue weighted by molar-refractivity contribution is 0.0520. The molecule has 0 atom stereocenters. The van der Waals surface area contributed by atoms with E-state index in [4.69, 9.17) is 9.47 Å². The number of thiazole rings is 1. The number of hydrogen-bond acceptors (Lipinski definition) is 5. The van der Waals surface area contributed by atoms with Crippen LogP contribution in [0.25, 0.3) is 0 Å². The van der Waals surface area contributed by atoms with Gasteiger partial charge in [-0.1, -0.05) is 44.2 Å². The summed E-state index contributed by atoms with van der Waals surface area (Å²) in [5, 5.41) is 2.09. The van der Waals surface area contributed by atoms with E-state index < -0.39 is 5.97 Å². The number of aryl methyl sites for hydroxylation is 1. The molecule has 22 heavy (non-hydrogen) atoms. The number of aromatic nitrogens is 1. The average Bonchev–Trinajstić information content (AvgIpc) is 2.89. The van der Waals surface area contributed by atoms with Gasteiger partial charge in [0.2, 0.25) is 0 Å². The summed E-state index contributed by atoms with van der Waals surface area (Å²) in [5.41, 5.74) is 2.55. The number of carbonyl (C=O) groups excluding carboxylic acids is 1. The summed E-state index contributed by atoms with van der Waals surface area (Å²) in [6.07, 6.45) is 0. The molecule has 0 saturated carbocycles. The Bertz CT molecular complexity index is 671. The lowest BCUT2D eigenvalue weighted by Gasteiger charge is -2.20. The predicted octanol–water partition coefficient (Wildman–Crippen LogP) is 4.72.